The van der Waals surface area contributed by atoms with E-state index in [0.717, 1.165) is 28.1 Å². The molecule has 41 heavy (non-hydrogen) atoms. The lowest BCUT2D eigenvalue weighted by Crippen LogP contribution is -1.96. The Morgan fingerprint density at radius 3 is 1.61 bits per heavy atom. The number of fused-ring (bicyclic) bond motifs is 8. The summed E-state index contributed by atoms with van der Waals surface area (Å²) >= 11 is 0. The van der Waals surface area contributed by atoms with Gasteiger partial charge < -0.3 is 9.13 Å². The van der Waals surface area contributed by atoms with Gasteiger partial charge in [0, 0.05) is 32.9 Å². The van der Waals surface area contributed by atoms with Crippen LogP contribution in [0.5, 0.6) is 0 Å². The molecular formula is C37H24N4. The van der Waals surface area contributed by atoms with Crippen LogP contribution in [0.15, 0.2) is 146 Å². The molecule has 0 aliphatic carbocycles. The molecule has 0 spiro atoms. The van der Waals surface area contributed by atoms with Crippen molar-refractivity contribution < 1.29 is 0 Å². The SMILES string of the molecule is c1ccc(-n2cnc3c(-n4c5ccccc5c5c6c7ccccc7n(-c7ccccc7)c6ccc54)cccc32)cc1. The fourth-order valence-corrected chi connectivity index (χ4v) is 6.63. The van der Waals surface area contributed by atoms with Gasteiger partial charge in [0.15, 0.2) is 0 Å². The number of imidazole rings is 1. The van der Waals surface area contributed by atoms with Crippen LogP contribution < -0.4 is 0 Å². The Morgan fingerprint density at radius 1 is 0.390 bits per heavy atom. The van der Waals surface area contributed by atoms with Gasteiger partial charge in [-0.3, -0.25) is 4.57 Å². The molecule has 4 heteroatoms. The van der Waals surface area contributed by atoms with Crippen LogP contribution in [-0.2, 0) is 0 Å². The Morgan fingerprint density at radius 2 is 0.927 bits per heavy atom. The van der Waals surface area contributed by atoms with Crippen LogP contribution >= 0.6 is 0 Å². The molecule has 6 aromatic carbocycles. The van der Waals surface area contributed by atoms with Crippen LogP contribution in [0.1, 0.15) is 0 Å². The monoisotopic (exact) mass is 524 g/mol. The van der Waals surface area contributed by atoms with Crippen molar-refractivity contribution in [3.05, 3.63) is 146 Å². The first-order valence-corrected chi connectivity index (χ1v) is 13.9. The summed E-state index contributed by atoms with van der Waals surface area (Å²) in [6, 6.07) is 49.6. The predicted octanol–water partition coefficient (Wildman–Crippen LogP) is 9.22. The quantitative estimate of drug-likeness (QED) is 0.226. The normalized spacial score (nSPS) is 11.9. The van der Waals surface area contributed by atoms with Crippen molar-refractivity contribution in [2.45, 2.75) is 0 Å². The summed E-state index contributed by atoms with van der Waals surface area (Å²) in [7, 11) is 0. The highest BCUT2D eigenvalue weighted by atomic mass is 15.1. The third-order valence-electron chi connectivity index (χ3n) is 8.32. The number of nitrogens with zero attached hydrogens (tertiary/aromatic N) is 4. The van der Waals surface area contributed by atoms with Gasteiger partial charge in [-0.2, -0.15) is 0 Å². The van der Waals surface area contributed by atoms with Gasteiger partial charge in [0.1, 0.15) is 11.8 Å². The van der Waals surface area contributed by atoms with Gasteiger partial charge in [-0.15, -0.1) is 0 Å². The van der Waals surface area contributed by atoms with Crippen molar-refractivity contribution in [3.8, 4) is 17.1 Å². The van der Waals surface area contributed by atoms with Crippen LogP contribution in [0.25, 0.3) is 71.7 Å². The van der Waals surface area contributed by atoms with E-state index in [-0.39, 0.29) is 0 Å². The minimum absolute atomic E-state index is 0.978. The predicted molar refractivity (Wildman–Crippen MR) is 170 cm³/mol. The van der Waals surface area contributed by atoms with E-state index >= 15 is 0 Å². The number of para-hydroxylation sites is 5. The minimum Gasteiger partial charge on any atom is -0.309 e. The molecule has 0 fully saturated rings. The molecule has 0 radical (unpaired) electrons. The van der Waals surface area contributed by atoms with Crippen LogP contribution in [0, 0.1) is 0 Å². The smallest absolute Gasteiger partial charge is 0.113 e. The summed E-state index contributed by atoms with van der Waals surface area (Å²) in [6.07, 6.45) is 1.93. The Bertz CT molecular complexity index is 2410. The second-order valence-corrected chi connectivity index (χ2v) is 10.5. The lowest BCUT2D eigenvalue weighted by atomic mass is 10.1. The molecule has 0 atom stereocenters. The van der Waals surface area contributed by atoms with Crippen molar-refractivity contribution in [1.29, 1.82) is 0 Å². The van der Waals surface area contributed by atoms with Gasteiger partial charge in [0.05, 0.1) is 33.3 Å². The highest BCUT2D eigenvalue weighted by Crippen LogP contribution is 2.42. The molecular weight excluding hydrogens is 500 g/mol. The summed E-state index contributed by atoms with van der Waals surface area (Å²) in [5, 5.41) is 5.04. The standard InChI is InChI=1S/C37H24N4/c1-3-12-25(13-4-1)39-24-38-37-33(39)20-11-21-34(37)41-30-19-10-8-17-28(30)36-32(41)23-22-31-35(36)27-16-7-9-18-29(27)40(31)26-14-5-2-6-15-26/h1-24H. The molecule has 4 nitrogen and oxygen atoms in total. The van der Waals surface area contributed by atoms with Crippen LogP contribution in [0.2, 0.25) is 0 Å². The number of benzene rings is 6. The van der Waals surface area contributed by atoms with Crippen LogP contribution in [0.4, 0.5) is 0 Å². The molecule has 9 aromatic rings. The van der Waals surface area contributed by atoms with Crippen molar-refractivity contribution >= 4 is 54.6 Å². The van der Waals surface area contributed by atoms with Gasteiger partial charge in [-0.05, 0) is 60.7 Å². The summed E-state index contributed by atoms with van der Waals surface area (Å²) < 4.78 is 6.94. The molecule has 192 valence electrons. The van der Waals surface area contributed by atoms with Gasteiger partial charge in [0.2, 0.25) is 0 Å². The summed E-state index contributed by atoms with van der Waals surface area (Å²) in [5.74, 6) is 0. The Labute approximate surface area is 235 Å². The zero-order valence-electron chi connectivity index (χ0n) is 22.1. The first-order chi connectivity index (χ1) is 20.4. The molecule has 0 saturated heterocycles. The molecule has 3 heterocycles. The van der Waals surface area contributed by atoms with Crippen molar-refractivity contribution in [2.24, 2.45) is 0 Å². The van der Waals surface area contributed by atoms with Crippen molar-refractivity contribution in [3.63, 3.8) is 0 Å². The maximum atomic E-state index is 4.96. The van der Waals surface area contributed by atoms with E-state index in [4.69, 9.17) is 4.98 Å². The fraction of sp³-hybridized carbons (Fsp3) is 0. The summed E-state index contributed by atoms with van der Waals surface area (Å²) in [5.41, 5.74) is 10.2. The Hall–Kier alpha value is -5.61. The van der Waals surface area contributed by atoms with Crippen LogP contribution in [-0.4, -0.2) is 18.7 Å². The average Bonchev–Trinajstić information content (AvgIpc) is 3.72. The van der Waals surface area contributed by atoms with E-state index in [1.807, 2.05) is 12.4 Å². The maximum absolute atomic E-state index is 4.96. The highest BCUT2D eigenvalue weighted by molar-refractivity contribution is 6.29. The minimum atomic E-state index is 0.978. The number of hydrogen-bond acceptors (Lipinski definition) is 1. The number of rotatable bonds is 3. The summed E-state index contributed by atoms with van der Waals surface area (Å²) in [4.78, 5) is 4.96. The Kier molecular flexibility index (Phi) is 4.58. The van der Waals surface area contributed by atoms with Crippen molar-refractivity contribution in [2.75, 3.05) is 0 Å². The molecule has 0 saturated carbocycles. The van der Waals surface area contributed by atoms with E-state index in [1.54, 1.807) is 0 Å². The first-order valence-electron chi connectivity index (χ1n) is 13.9. The molecule has 9 rings (SSSR count). The largest absolute Gasteiger partial charge is 0.309 e. The third-order valence-corrected chi connectivity index (χ3v) is 8.32. The molecule has 0 N–H and O–H groups in total. The number of aromatic nitrogens is 4. The molecule has 0 bridgehead atoms. The van der Waals surface area contributed by atoms with Crippen LogP contribution in [0.3, 0.4) is 0 Å². The molecule has 0 amide bonds. The van der Waals surface area contributed by atoms with Gasteiger partial charge in [-0.25, -0.2) is 4.98 Å². The van der Waals surface area contributed by atoms with Crippen molar-refractivity contribution in [1.82, 2.24) is 18.7 Å². The lowest BCUT2D eigenvalue weighted by molar-refractivity contribution is 1.09. The lowest BCUT2D eigenvalue weighted by Gasteiger charge is -2.10. The molecule has 0 aliphatic heterocycles. The van der Waals surface area contributed by atoms with Gasteiger partial charge >= 0.3 is 0 Å². The topological polar surface area (TPSA) is 27.7 Å². The zero-order chi connectivity index (χ0) is 26.9. The van der Waals surface area contributed by atoms with Gasteiger partial charge in [0.25, 0.3) is 0 Å². The summed E-state index contributed by atoms with van der Waals surface area (Å²) in [6.45, 7) is 0. The fourth-order valence-electron chi connectivity index (χ4n) is 6.63. The Balaban J connectivity index is 1.42. The third kappa shape index (κ3) is 3.07. The number of hydrogen-bond donors (Lipinski definition) is 0. The van der Waals surface area contributed by atoms with E-state index in [9.17, 15) is 0 Å². The first kappa shape index (κ1) is 22.2. The van der Waals surface area contributed by atoms with E-state index in [1.165, 1.54) is 43.6 Å². The van der Waals surface area contributed by atoms with Gasteiger partial charge in [-0.1, -0.05) is 78.9 Å². The van der Waals surface area contributed by atoms with E-state index in [2.05, 4.69) is 147 Å². The second kappa shape index (κ2) is 8.44. The van der Waals surface area contributed by atoms with E-state index < -0.39 is 0 Å². The zero-order valence-corrected chi connectivity index (χ0v) is 22.1. The molecule has 0 aliphatic rings. The highest BCUT2D eigenvalue weighted by Gasteiger charge is 2.21. The maximum Gasteiger partial charge on any atom is 0.113 e. The molecule has 0 unspecified atom stereocenters. The van der Waals surface area contributed by atoms with E-state index in [0.29, 0.717) is 0 Å². The molecule has 3 aromatic heterocycles. The average molecular weight is 525 g/mol. The second-order valence-electron chi connectivity index (χ2n) is 10.5.